The summed E-state index contributed by atoms with van der Waals surface area (Å²) in [6.07, 6.45) is 2.55. The first kappa shape index (κ1) is 13.8. The van der Waals surface area contributed by atoms with E-state index >= 15 is 0 Å². The third-order valence-corrected chi connectivity index (χ3v) is 2.25. The lowest BCUT2D eigenvalue weighted by Gasteiger charge is -2.14. The van der Waals surface area contributed by atoms with Gasteiger partial charge in [0.2, 0.25) is 0 Å². The highest BCUT2D eigenvalue weighted by Crippen LogP contribution is 2.13. The molecule has 0 unspecified atom stereocenters. The zero-order chi connectivity index (χ0) is 13.4. The SMILES string of the molecule is COC(=O)/C=C/N[C@@H](C(=O)OC)c1ccccc1. The van der Waals surface area contributed by atoms with Gasteiger partial charge < -0.3 is 14.8 Å². The van der Waals surface area contributed by atoms with Crippen molar-refractivity contribution < 1.29 is 19.1 Å². The zero-order valence-electron chi connectivity index (χ0n) is 10.3. The van der Waals surface area contributed by atoms with Crippen LogP contribution in [0.25, 0.3) is 0 Å². The second kappa shape index (κ2) is 7.11. The van der Waals surface area contributed by atoms with Crippen LogP contribution in [0.1, 0.15) is 11.6 Å². The minimum atomic E-state index is -0.655. The van der Waals surface area contributed by atoms with Crippen molar-refractivity contribution in [2.45, 2.75) is 6.04 Å². The van der Waals surface area contributed by atoms with Crippen LogP contribution < -0.4 is 5.32 Å². The lowest BCUT2D eigenvalue weighted by atomic mass is 10.1. The Morgan fingerprint density at radius 1 is 1.17 bits per heavy atom. The molecule has 96 valence electrons. The van der Waals surface area contributed by atoms with Crippen molar-refractivity contribution in [3.63, 3.8) is 0 Å². The van der Waals surface area contributed by atoms with Gasteiger partial charge >= 0.3 is 11.9 Å². The molecule has 0 bridgehead atoms. The summed E-state index contributed by atoms with van der Waals surface area (Å²) in [7, 11) is 2.59. The van der Waals surface area contributed by atoms with E-state index in [2.05, 4.69) is 10.1 Å². The summed E-state index contributed by atoms with van der Waals surface area (Å²) < 4.78 is 9.14. The normalized spacial score (nSPS) is 11.9. The molecule has 0 heterocycles. The lowest BCUT2D eigenvalue weighted by Crippen LogP contribution is -2.26. The largest absolute Gasteiger partial charge is 0.467 e. The van der Waals surface area contributed by atoms with Gasteiger partial charge in [-0.05, 0) is 5.56 Å². The molecule has 0 saturated carbocycles. The fraction of sp³-hybridized carbons (Fsp3) is 0.231. The van der Waals surface area contributed by atoms with Gasteiger partial charge in [0, 0.05) is 12.3 Å². The average Bonchev–Trinajstić information content (AvgIpc) is 2.43. The Kier molecular flexibility index (Phi) is 5.44. The minimum Gasteiger partial charge on any atom is -0.467 e. The van der Waals surface area contributed by atoms with Gasteiger partial charge in [0.1, 0.15) is 6.04 Å². The highest BCUT2D eigenvalue weighted by atomic mass is 16.5. The minimum absolute atomic E-state index is 0.435. The quantitative estimate of drug-likeness (QED) is 0.627. The summed E-state index contributed by atoms with van der Waals surface area (Å²) in [6, 6.07) is 8.41. The summed E-state index contributed by atoms with van der Waals surface area (Å²) in [5.41, 5.74) is 0.749. The van der Waals surface area contributed by atoms with Crippen LogP contribution in [0.3, 0.4) is 0 Å². The Labute approximate surface area is 105 Å². The second-order valence-electron chi connectivity index (χ2n) is 3.39. The van der Waals surface area contributed by atoms with E-state index in [1.165, 1.54) is 26.5 Å². The molecule has 18 heavy (non-hydrogen) atoms. The first-order chi connectivity index (χ1) is 8.69. The van der Waals surface area contributed by atoms with Gasteiger partial charge in [-0.3, -0.25) is 0 Å². The molecule has 1 rings (SSSR count). The summed E-state index contributed by atoms with van der Waals surface area (Å²) in [5.74, 6) is -0.935. The number of carbonyl (C=O) groups excluding carboxylic acids is 2. The van der Waals surface area contributed by atoms with Crippen LogP contribution >= 0.6 is 0 Å². The number of esters is 2. The van der Waals surface area contributed by atoms with Gasteiger partial charge in [0.05, 0.1) is 14.2 Å². The van der Waals surface area contributed by atoms with E-state index < -0.39 is 18.0 Å². The zero-order valence-corrected chi connectivity index (χ0v) is 10.3. The van der Waals surface area contributed by atoms with Crippen molar-refractivity contribution in [2.75, 3.05) is 14.2 Å². The molecule has 1 aromatic rings. The van der Waals surface area contributed by atoms with Crippen molar-refractivity contribution in [2.24, 2.45) is 0 Å². The van der Waals surface area contributed by atoms with Gasteiger partial charge in [-0.25, -0.2) is 9.59 Å². The van der Waals surface area contributed by atoms with Crippen molar-refractivity contribution in [1.29, 1.82) is 0 Å². The molecule has 0 saturated heterocycles. The maximum absolute atomic E-state index is 11.6. The standard InChI is InChI=1S/C13H15NO4/c1-17-11(15)8-9-14-12(13(16)18-2)10-6-4-3-5-7-10/h3-9,12,14H,1-2H3/b9-8+/t12-/m1/s1. The molecule has 0 spiro atoms. The van der Waals surface area contributed by atoms with E-state index in [-0.39, 0.29) is 0 Å². The number of rotatable bonds is 5. The Morgan fingerprint density at radius 2 is 1.83 bits per heavy atom. The van der Waals surface area contributed by atoms with E-state index in [0.717, 1.165) is 5.56 Å². The van der Waals surface area contributed by atoms with Crippen molar-refractivity contribution in [3.8, 4) is 0 Å². The highest BCUT2D eigenvalue weighted by Gasteiger charge is 2.19. The molecule has 1 aromatic carbocycles. The maximum atomic E-state index is 11.6. The third-order valence-electron chi connectivity index (χ3n) is 2.25. The lowest BCUT2D eigenvalue weighted by molar-refractivity contribution is -0.143. The van der Waals surface area contributed by atoms with E-state index in [1.807, 2.05) is 18.2 Å². The molecular weight excluding hydrogens is 234 g/mol. The molecule has 1 atom stereocenters. The van der Waals surface area contributed by atoms with E-state index in [9.17, 15) is 9.59 Å². The van der Waals surface area contributed by atoms with E-state index in [1.54, 1.807) is 12.1 Å². The smallest absolute Gasteiger partial charge is 0.332 e. The summed E-state index contributed by atoms with van der Waals surface area (Å²) in [4.78, 5) is 22.5. The van der Waals surface area contributed by atoms with Crippen LogP contribution in [-0.4, -0.2) is 26.2 Å². The molecule has 0 radical (unpaired) electrons. The topological polar surface area (TPSA) is 64.6 Å². The predicted molar refractivity (Wildman–Crippen MR) is 65.5 cm³/mol. The van der Waals surface area contributed by atoms with E-state index in [4.69, 9.17) is 4.74 Å². The first-order valence-electron chi connectivity index (χ1n) is 5.32. The number of methoxy groups -OCH3 is 2. The van der Waals surface area contributed by atoms with Gasteiger partial charge in [0.15, 0.2) is 0 Å². The second-order valence-corrected chi connectivity index (χ2v) is 3.39. The Morgan fingerprint density at radius 3 is 2.39 bits per heavy atom. The number of ether oxygens (including phenoxy) is 2. The molecule has 5 nitrogen and oxygen atoms in total. The average molecular weight is 249 g/mol. The van der Waals surface area contributed by atoms with Crippen molar-refractivity contribution in [3.05, 3.63) is 48.2 Å². The van der Waals surface area contributed by atoms with Gasteiger partial charge in [-0.2, -0.15) is 0 Å². The van der Waals surface area contributed by atoms with Crippen molar-refractivity contribution >= 4 is 11.9 Å². The molecule has 1 N–H and O–H groups in total. The van der Waals surface area contributed by atoms with Crippen LogP contribution in [0.15, 0.2) is 42.6 Å². The number of hydrogen-bond donors (Lipinski definition) is 1. The highest BCUT2D eigenvalue weighted by molar-refractivity contribution is 5.82. The molecule has 5 heteroatoms. The summed E-state index contributed by atoms with van der Waals surface area (Å²) >= 11 is 0. The van der Waals surface area contributed by atoms with E-state index in [0.29, 0.717) is 0 Å². The number of nitrogens with one attached hydrogen (secondary N) is 1. The number of benzene rings is 1. The molecule has 0 aliphatic heterocycles. The predicted octanol–water partition coefficient (Wildman–Crippen LogP) is 1.18. The maximum Gasteiger partial charge on any atom is 0.332 e. The molecule has 0 amide bonds. The summed E-state index contributed by atoms with van der Waals surface area (Å²) in [5, 5.41) is 2.80. The number of hydrogen-bond acceptors (Lipinski definition) is 5. The fourth-order valence-electron chi connectivity index (χ4n) is 1.34. The van der Waals surface area contributed by atoms with Crippen molar-refractivity contribution in [1.82, 2.24) is 5.32 Å². The Balaban J connectivity index is 2.78. The molecule has 0 aliphatic carbocycles. The first-order valence-corrected chi connectivity index (χ1v) is 5.32. The number of carbonyl (C=O) groups is 2. The molecule has 0 fully saturated rings. The third kappa shape index (κ3) is 3.93. The van der Waals surface area contributed by atoms with Crippen LogP contribution in [0, 0.1) is 0 Å². The van der Waals surface area contributed by atoms with Gasteiger partial charge in [-0.15, -0.1) is 0 Å². The van der Waals surface area contributed by atoms with Gasteiger partial charge in [0.25, 0.3) is 0 Å². The molecular formula is C13H15NO4. The fourth-order valence-corrected chi connectivity index (χ4v) is 1.34. The Hall–Kier alpha value is -2.30. The Bertz CT molecular complexity index is 428. The van der Waals surface area contributed by atoms with Crippen LogP contribution in [-0.2, 0) is 19.1 Å². The molecule has 0 aliphatic rings. The monoisotopic (exact) mass is 249 g/mol. The summed E-state index contributed by atoms with van der Waals surface area (Å²) in [6.45, 7) is 0. The van der Waals surface area contributed by atoms with Gasteiger partial charge in [-0.1, -0.05) is 30.3 Å². The van der Waals surface area contributed by atoms with Crippen LogP contribution in [0.2, 0.25) is 0 Å². The molecule has 0 aromatic heterocycles. The van der Waals surface area contributed by atoms with Crippen LogP contribution in [0.4, 0.5) is 0 Å². The van der Waals surface area contributed by atoms with Crippen LogP contribution in [0.5, 0.6) is 0 Å².